The van der Waals surface area contributed by atoms with Gasteiger partial charge in [0.05, 0.1) is 0 Å². The Morgan fingerprint density at radius 1 is 1.62 bits per heavy atom. The highest BCUT2D eigenvalue weighted by Gasteiger charge is 2.09. The Bertz CT molecular complexity index is 73.7. The molecular formula is C3H8O4P+. The molecule has 0 bridgehead atoms. The molecule has 0 rings (SSSR count). The van der Waals surface area contributed by atoms with E-state index in [1.807, 2.05) is 0 Å². The molecule has 0 spiro atoms. The zero-order valence-corrected chi connectivity index (χ0v) is 5.17. The van der Waals surface area contributed by atoms with Gasteiger partial charge < -0.3 is 5.11 Å². The van der Waals surface area contributed by atoms with E-state index in [-0.39, 0.29) is 13.2 Å². The molecule has 1 unspecified atom stereocenters. The summed E-state index contributed by atoms with van der Waals surface area (Å²) in [6, 6.07) is 0. The predicted octanol–water partition coefficient (Wildman–Crippen LogP) is 0.0351. The second kappa shape index (κ2) is 5.12. The van der Waals surface area contributed by atoms with Crippen LogP contribution in [-0.4, -0.2) is 23.2 Å². The van der Waals surface area contributed by atoms with Crippen LogP contribution in [0.4, 0.5) is 0 Å². The van der Waals surface area contributed by atoms with Crippen LogP contribution in [0.25, 0.3) is 0 Å². The van der Waals surface area contributed by atoms with E-state index in [1.165, 1.54) is 0 Å². The van der Waals surface area contributed by atoms with Gasteiger partial charge in [0.1, 0.15) is 6.61 Å². The van der Waals surface area contributed by atoms with Crippen LogP contribution in [0.5, 0.6) is 0 Å². The third kappa shape index (κ3) is 5.98. The molecular weight excluding hydrogens is 131 g/mol. The molecule has 0 saturated heterocycles. The largest absolute Gasteiger partial charge is 0.694 e. The van der Waals surface area contributed by atoms with Crippen LogP contribution in [0.3, 0.4) is 0 Å². The van der Waals surface area contributed by atoms with Crippen molar-refractivity contribution in [2.45, 2.75) is 6.42 Å². The highest BCUT2D eigenvalue weighted by atomic mass is 31.1. The lowest BCUT2D eigenvalue weighted by atomic mass is 10.5. The third-order valence-electron chi connectivity index (χ3n) is 0.504. The zero-order chi connectivity index (χ0) is 6.41. The number of aliphatic hydroxyl groups is 1. The Morgan fingerprint density at radius 3 is 2.62 bits per heavy atom. The van der Waals surface area contributed by atoms with Crippen LogP contribution in [-0.2, 0) is 9.09 Å². The van der Waals surface area contributed by atoms with E-state index in [4.69, 9.17) is 10.00 Å². The average Bonchev–Trinajstić information content (AvgIpc) is 1.66. The predicted molar refractivity (Wildman–Crippen MR) is 27.5 cm³/mol. The normalized spacial score (nSPS) is 11.5. The highest BCUT2D eigenvalue weighted by Crippen LogP contribution is 2.13. The van der Waals surface area contributed by atoms with Gasteiger partial charge in [-0.15, -0.1) is 9.42 Å². The molecule has 0 aromatic heterocycles. The van der Waals surface area contributed by atoms with Gasteiger partial charge in [-0.2, -0.15) is 0 Å². The fourth-order valence-corrected chi connectivity index (χ4v) is 0.492. The van der Waals surface area contributed by atoms with Gasteiger partial charge in [-0.3, -0.25) is 0 Å². The molecule has 0 saturated carbocycles. The Hall–Kier alpha value is -0.0200. The minimum absolute atomic E-state index is 0.0107. The first kappa shape index (κ1) is 7.98. The number of hydrogen-bond donors (Lipinski definition) is 2. The smallest absolute Gasteiger partial charge is 0.396 e. The molecule has 8 heavy (non-hydrogen) atoms. The van der Waals surface area contributed by atoms with Gasteiger partial charge in [0.25, 0.3) is 0 Å². The molecule has 0 aliphatic heterocycles. The molecule has 1 atom stereocenters. The summed E-state index contributed by atoms with van der Waals surface area (Å²) >= 11 is 0. The average molecular weight is 139 g/mol. The van der Waals surface area contributed by atoms with Crippen molar-refractivity contribution in [1.29, 1.82) is 0 Å². The maximum atomic E-state index is 9.72. The Kier molecular flexibility index (Phi) is 5.11. The van der Waals surface area contributed by atoms with Crippen LogP contribution in [0.1, 0.15) is 6.42 Å². The third-order valence-corrected chi connectivity index (χ3v) is 0.908. The van der Waals surface area contributed by atoms with Gasteiger partial charge in [0, 0.05) is 11.2 Å². The molecule has 48 valence electrons. The van der Waals surface area contributed by atoms with Crippen LogP contribution >= 0.6 is 8.25 Å². The lowest BCUT2D eigenvalue weighted by Gasteiger charge is -1.83. The maximum Gasteiger partial charge on any atom is 0.694 e. The Morgan fingerprint density at radius 2 is 2.25 bits per heavy atom. The summed E-state index contributed by atoms with van der Waals surface area (Å²) in [5.74, 6) is 0. The van der Waals surface area contributed by atoms with E-state index in [2.05, 4.69) is 4.52 Å². The van der Waals surface area contributed by atoms with Crippen molar-refractivity contribution >= 4 is 8.25 Å². The summed E-state index contributed by atoms with van der Waals surface area (Å²) in [7, 11) is -2.47. The van der Waals surface area contributed by atoms with E-state index in [9.17, 15) is 4.57 Å². The molecule has 0 aliphatic carbocycles. The minimum Gasteiger partial charge on any atom is -0.396 e. The standard InChI is InChI=1S/C3H7O4P/c4-2-1-3-7-8(5)6/h4H,1-3H2/p+1. The quantitative estimate of drug-likeness (QED) is 0.426. The first-order valence-electron chi connectivity index (χ1n) is 2.17. The van der Waals surface area contributed by atoms with Gasteiger partial charge in [-0.25, -0.2) is 0 Å². The van der Waals surface area contributed by atoms with Crippen molar-refractivity contribution in [3.63, 3.8) is 0 Å². The summed E-state index contributed by atoms with van der Waals surface area (Å²) in [6.45, 7) is 0.130. The van der Waals surface area contributed by atoms with E-state index in [0.717, 1.165) is 0 Å². The minimum atomic E-state index is -2.47. The Balaban J connectivity index is 2.82. The second-order valence-electron chi connectivity index (χ2n) is 1.15. The highest BCUT2D eigenvalue weighted by molar-refractivity contribution is 7.32. The molecule has 0 amide bonds. The molecule has 2 N–H and O–H groups in total. The second-order valence-corrected chi connectivity index (χ2v) is 1.88. The van der Waals surface area contributed by atoms with Crippen molar-refractivity contribution in [1.82, 2.24) is 0 Å². The van der Waals surface area contributed by atoms with Gasteiger partial charge in [-0.05, 0) is 6.42 Å². The Labute approximate surface area is 48.0 Å². The van der Waals surface area contributed by atoms with Crippen LogP contribution in [0.2, 0.25) is 0 Å². The maximum absolute atomic E-state index is 9.72. The van der Waals surface area contributed by atoms with Crippen molar-refractivity contribution < 1.29 is 19.1 Å². The van der Waals surface area contributed by atoms with E-state index >= 15 is 0 Å². The molecule has 0 aliphatic rings. The number of rotatable bonds is 4. The molecule has 0 fully saturated rings. The monoisotopic (exact) mass is 139 g/mol. The lowest BCUT2D eigenvalue weighted by Crippen LogP contribution is -1.89. The molecule has 0 heterocycles. The number of aliphatic hydroxyl groups excluding tert-OH is 1. The van der Waals surface area contributed by atoms with Crippen LogP contribution in [0.15, 0.2) is 0 Å². The summed E-state index contributed by atoms with van der Waals surface area (Å²) in [6.07, 6.45) is 0.404. The summed E-state index contributed by atoms with van der Waals surface area (Å²) < 4.78 is 13.9. The van der Waals surface area contributed by atoms with E-state index < -0.39 is 8.25 Å². The first-order chi connectivity index (χ1) is 3.77. The SMILES string of the molecule is O=[P+](O)OCCCO. The van der Waals surface area contributed by atoms with Gasteiger partial charge in [-0.1, -0.05) is 0 Å². The van der Waals surface area contributed by atoms with Crippen molar-refractivity contribution in [2.75, 3.05) is 13.2 Å². The number of hydrogen-bond acceptors (Lipinski definition) is 3. The molecule has 0 aromatic carbocycles. The summed E-state index contributed by atoms with van der Waals surface area (Å²) in [4.78, 5) is 7.98. The van der Waals surface area contributed by atoms with E-state index in [1.54, 1.807) is 0 Å². The van der Waals surface area contributed by atoms with Gasteiger partial charge in [0.15, 0.2) is 0 Å². The van der Waals surface area contributed by atoms with Crippen molar-refractivity contribution in [2.24, 2.45) is 0 Å². The molecule has 0 radical (unpaired) electrons. The van der Waals surface area contributed by atoms with Gasteiger partial charge in [0.2, 0.25) is 0 Å². The fraction of sp³-hybridized carbons (Fsp3) is 1.00. The first-order valence-corrected chi connectivity index (χ1v) is 3.30. The zero-order valence-electron chi connectivity index (χ0n) is 4.28. The van der Waals surface area contributed by atoms with Crippen molar-refractivity contribution in [3.05, 3.63) is 0 Å². The molecule has 4 nitrogen and oxygen atoms in total. The summed E-state index contributed by atoms with van der Waals surface area (Å²) in [5.41, 5.74) is 0. The van der Waals surface area contributed by atoms with Crippen molar-refractivity contribution in [3.8, 4) is 0 Å². The van der Waals surface area contributed by atoms with Gasteiger partial charge >= 0.3 is 8.25 Å². The topological polar surface area (TPSA) is 66.8 Å². The molecule has 5 heteroatoms. The van der Waals surface area contributed by atoms with Crippen LogP contribution < -0.4 is 0 Å². The molecule has 0 aromatic rings. The fourth-order valence-electron chi connectivity index (χ4n) is 0.207. The lowest BCUT2D eigenvalue weighted by molar-refractivity contribution is 0.224. The van der Waals surface area contributed by atoms with E-state index in [0.29, 0.717) is 6.42 Å². The van der Waals surface area contributed by atoms with Crippen LogP contribution in [0, 0.1) is 0 Å². The summed E-state index contributed by atoms with van der Waals surface area (Å²) in [5, 5.41) is 8.12.